The average molecular weight is 499 g/mol. The molecule has 0 bridgehead atoms. The van der Waals surface area contributed by atoms with Crippen molar-refractivity contribution in [3.05, 3.63) is 94.8 Å². The highest BCUT2D eigenvalue weighted by molar-refractivity contribution is 6.06. The number of benzene rings is 3. The molecule has 4 nitrogen and oxygen atoms in total. The molecule has 4 rings (SSSR count). The van der Waals surface area contributed by atoms with E-state index in [2.05, 4.69) is 10.2 Å². The lowest BCUT2D eigenvalue weighted by molar-refractivity contribution is -0.137. The van der Waals surface area contributed by atoms with Crippen LogP contribution in [0.4, 0.5) is 28.9 Å². The zero-order valence-corrected chi connectivity index (χ0v) is 19.7. The molecule has 1 N–H and O–H groups in total. The number of rotatable bonds is 6. The Labute approximate surface area is 206 Å². The lowest BCUT2D eigenvalue weighted by Crippen LogP contribution is -2.37. The van der Waals surface area contributed by atoms with Crippen molar-refractivity contribution >= 4 is 23.1 Å². The summed E-state index contributed by atoms with van der Waals surface area (Å²) in [6.45, 7) is 3.15. The largest absolute Gasteiger partial charge is 0.416 e. The number of alkyl halides is 3. The van der Waals surface area contributed by atoms with Gasteiger partial charge in [-0.1, -0.05) is 19.1 Å². The number of nitrogens with zero attached hydrogens (tertiary/aromatic N) is 1. The third kappa shape index (κ3) is 5.58. The number of hydrogen-bond acceptors (Lipinski definition) is 3. The van der Waals surface area contributed by atoms with Gasteiger partial charge in [-0.25, -0.2) is 4.39 Å². The van der Waals surface area contributed by atoms with Crippen LogP contribution in [0.1, 0.15) is 51.6 Å². The molecule has 3 aromatic carbocycles. The quantitative estimate of drug-likeness (QED) is 0.302. The van der Waals surface area contributed by atoms with Crippen molar-refractivity contribution in [1.29, 1.82) is 0 Å². The molecule has 0 saturated carbocycles. The number of carbonyl (C=O) groups excluding carboxylic acids is 2. The number of anilines is 2. The van der Waals surface area contributed by atoms with Crippen molar-refractivity contribution in [1.82, 2.24) is 0 Å². The first-order chi connectivity index (χ1) is 17.2. The number of amides is 1. The summed E-state index contributed by atoms with van der Waals surface area (Å²) in [6.07, 6.45) is -2.70. The standard InChI is InChI=1S/C28H26F4N2O2/c1-2-23-24(27(36)33-22-6-3-5-20(17-22)28(30,31)32)7-4-8-25(23)34-15-13-19(14-16-34)26(35)18-9-11-21(29)12-10-18/h3-12,17,19H,2,13-16H2,1H3,(H,33,36). The second kappa shape index (κ2) is 10.5. The van der Waals surface area contributed by atoms with E-state index in [0.29, 0.717) is 43.5 Å². The van der Waals surface area contributed by atoms with Crippen molar-refractivity contribution in [2.75, 3.05) is 23.3 Å². The summed E-state index contributed by atoms with van der Waals surface area (Å²) < 4.78 is 52.3. The third-order valence-corrected chi connectivity index (χ3v) is 6.53. The van der Waals surface area contributed by atoms with Crippen LogP contribution in [0.5, 0.6) is 0 Å². The molecule has 36 heavy (non-hydrogen) atoms. The summed E-state index contributed by atoms with van der Waals surface area (Å²) in [5.74, 6) is -1.02. The monoisotopic (exact) mass is 498 g/mol. The summed E-state index contributed by atoms with van der Waals surface area (Å²) in [4.78, 5) is 28.0. The maximum absolute atomic E-state index is 13.2. The predicted molar refractivity (Wildman–Crippen MR) is 131 cm³/mol. The first-order valence-corrected chi connectivity index (χ1v) is 11.8. The Morgan fingerprint density at radius 2 is 1.64 bits per heavy atom. The summed E-state index contributed by atoms with van der Waals surface area (Å²) in [5.41, 5.74) is 1.81. The molecule has 1 fully saturated rings. The first kappa shape index (κ1) is 25.4. The molecule has 0 aliphatic carbocycles. The van der Waals surface area contributed by atoms with Crippen LogP contribution in [-0.2, 0) is 12.6 Å². The molecule has 0 radical (unpaired) electrons. The van der Waals surface area contributed by atoms with E-state index in [1.807, 2.05) is 13.0 Å². The molecular formula is C28H26F4N2O2. The zero-order valence-electron chi connectivity index (χ0n) is 19.7. The van der Waals surface area contributed by atoms with Crippen LogP contribution in [0.15, 0.2) is 66.7 Å². The fourth-order valence-corrected chi connectivity index (χ4v) is 4.66. The summed E-state index contributed by atoms with van der Waals surface area (Å²) in [7, 11) is 0. The van der Waals surface area contributed by atoms with Gasteiger partial charge in [0, 0.05) is 41.5 Å². The molecular weight excluding hydrogens is 472 g/mol. The predicted octanol–water partition coefficient (Wildman–Crippen LogP) is 6.76. The molecule has 0 atom stereocenters. The molecule has 1 aliphatic rings. The van der Waals surface area contributed by atoms with Crippen LogP contribution in [0.3, 0.4) is 0 Å². The fraction of sp³-hybridized carbons (Fsp3) is 0.286. The van der Waals surface area contributed by atoms with Gasteiger partial charge in [-0.3, -0.25) is 9.59 Å². The summed E-state index contributed by atoms with van der Waals surface area (Å²) >= 11 is 0. The molecule has 1 saturated heterocycles. The normalized spacial score (nSPS) is 14.5. The van der Waals surface area contributed by atoms with E-state index in [4.69, 9.17) is 0 Å². The Kier molecular flexibility index (Phi) is 7.43. The minimum atomic E-state index is -4.50. The lowest BCUT2D eigenvalue weighted by atomic mass is 9.88. The molecule has 1 heterocycles. The number of piperidine rings is 1. The SMILES string of the molecule is CCc1c(C(=O)Nc2cccc(C(F)(F)F)c2)cccc1N1CCC(C(=O)c2ccc(F)cc2)CC1. The van der Waals surface area contributed by atoms with Crippen molar-refractivity contribution in [2.45, 2.75) is 32.4 Å². The fourth-order valence-electron chi connectivity index (χ4n) is 4.66. The summed E-state index contributed by atoms with van der Waals surface area (Å²) in [5, 5.41) is 2.59. The van der Waals surface area contributed by atoms with Crippen molar-refractivity contribution in [3.8, 4) is 0 Å². The number of hydrogen-bond donors (Lipinski definition) is 1. The minimum Gasteiger partial charge on any atom is -0.371 e. The molecule has 0 aromatic heterocycles. The van der Waals surface area contributed by atoms with E-state index >= 15 is 0 Å². The van der Waals surface area contributed by atoms with Crippen LogP contribution in [0.25, 0.3) is 0 Å². The smallest absolute Gasteiger partial charge is 0.371 e. The maximum atomic E-state index is 13.2. The number of halogens is 4. The zero-order chi connectivity index (χ0) is 25.9. The van der Waals surface area contributed by atoms with Gasteiger partial charge in [0.05, 0.1) is 5.56 Å². The van der Waals surface area contributed by atoms with Crippen molar-refractivity contribution in [2.24, 2.45) is 5.92 Å². The Morgan fingerprint density at radius 3 is 2.28 bits per heavy atom. The van der Waals surface area contributed by atoms with E-state index < -0.39 is 17.6 Å². The lowest BCUT2D eigenvalue weighted by Gasteiger charge is -2.34. The average Bonchev–Trinajstić information content (AvgIpc) is 2.88. The van der Waals surface area contributed by atoms with Crippen LogP contribution >= 0.6 is 0 Å². The van der Waals surface area contributed by atoms with Crippen LogP contribution in [0.2, 0.25) is 0 Å². The molecule has 8 heteroatoms. The molecule has 0 unspecified atom stereocenters. The van der Waals surface area contributed by atoms with Gasteiger partial charge in [0.15, 0.2) is 5.78 Å². The molecule has 188 valence electrons. The van der Waals surface area contributed by atoms with E-state index in [-0.39, 0.29) is 23.2 Å². The van der Waals surface area contributed by atoms with Crippen LogP contribution in [0, 0.1) is 11.7 Å². The number of carbonyl (C=O) groups is 2. The third-order valence-electron chi connectivity index (χ3n) is 6.53. The van der Waals surface area contributed by atoms with Gasteiger partial charge in [0.2, 0.25) is 0 Å². The van der Waals surface area contributed by atoms with Gasteiger partial charge in [0.1, 0.15) is 5.82 Å². The van der Waals surface area contributed by atoms with E-state index in [1.54, 1.807) is 12.1 Å². The van der Waals surface area contributed by atoms with Crippen LogP contribution in [-0.4, -0.2) is 24.8 Å². The van der Waals surface area contributed by atoms with Gasteiger partial charge >= 0.3 is 6.18 Å². The Bertz CT molecular complexity index is 1250. The topological polar surface area (TPSA) is 49.4 Å². The molecule has 1 amide bonds. The molecule has 1 aliphatic heterocycles. The maximum Gasteiger partial charge on any atom is 0.416 e. The summed E-state index contributed by atoms with van der Waals surface area (Å²) in [6, 6.07) is 15.5. The van der Waals surface area contributed by atoms with E-state index in [9.17, 15) is 27.2 Å². The Balaban J connectivity index is 1.48. The van der Waals surface area contributed by atoms with Gasteiger partial charge in [0.25, 0.3) is 5.91 Å². The highest BCUT2D eigenvalue weighted by Gasteiger charge is 2.31. The van der Waals surface area contributed by atoms with Gasteiger partial charge in [-0.05, 0) is 79.4 Å². The molecule has 3 aromatic rings. The highest BCUT2D eigenvalue weighted by Crippen LogP contribution is 2.32. The van der Waals surface area contributed by atoms with Crippen LogP contribution < -0.4 is 10.2 Å². The Morgan fingerprint density at radius 1 is 0.972 bits per heavy atom. The Hall–Kier alpha value is -3.68. The van der Waals surface area contributed by atoms with Crippen molar-refractivity contribution < 1.29 is 27.2 Å². The second-order valence-corrected chi connectivity index (χ2v) is 8.82. The number of nitrogens with one attached hydrogen (secondary N) is 1. The van der Waals surface area contributed by atoms with E-state index in [1.165, 1.54) is 36.4 Å². The van der Waals surface area contributed by atoms with E-state index in [0.717, 1.165) is 23.4 Å². The second-order valence-electron chi connectivity index (χ2n) is 8.82. The number of Topliss-reactive ketones (excluding diaryl/α,β-unsaturated/α-hetero) is 1. The number of ketones is 1. The first-order valence-electron chi connectivity index (χ1n) is 11.8. The van der Waals surface area contributed by atoms with Gasteiger partial charge < -0.3 is 10.2 Å². The van der Waals surface area contributed by atoms with Crippen molar-refractivity contribution in [3.63, 3.8) is 0 Å². The minimum absolute atomic E-state index is 0.000388. The molecule has 0 spiro atoms. The van der Waals surface area contributed by atoms with Gasteiger partial charge in [-0.2, -0.15) is 13.2 Å². The highest BCUT2D eigenvalue weighted by atomic mass is 19.4. The van der Waals surface area contributed by atoms with Gasteiger partial charge in [-0.15, -0.1) is 0 Å².